The van der Waals surface area contributed by atoms with Crippen LogP contribution >= 0.6 is 22.9 Å². The van der Waals surface area contributed by atoms with Crippen molar-refractivity contribution in [2.24, 2.45) is 0 Å². The van der Waals surface area contributed by atoms with E-state index in [1.165, 1.54) is 16.9 Å². The van der Waals surface area contributed by atoms with Crippen LogP contribution in [0.25, 0.3) is 21.1 Å². The first-order valence-electron chi connectivity index (χ1n) is 11.8. The maximum absolute atomic E-state index is 11.6. The number of nitrogens with zero attached hydrogens (tertiary/aromatic N) is 3. The molecule has 35 heavy (non-hydrogen) atoms. The van der Waals surface area contributed by atoms with E-state index in [0.29, 0.717) is 30.3 Å². The largest absolute Gasteiger partial charge is 0.489 e. The number of β-amino-alcohol motifs (C(OH)–C–C–N with tert-alkyl or cyclic N) is 1. The quantitative estimate of drug-likeness (QED) is 0.416. The van der Waals surface area contributed by atoms with Crippen molar-refractivity contribution in [2.75, 3.05) is 13.1 Å². The summed E-state index contributed by atoms with van der Waals surface area (Å²) >= 11 is 7.93. The summed E-state index contributed by atoms with van der Waals surface area (Å²) in [6.07, 6.45) is 1.24. The minimum Gasteiger partial charge on any atom is -0.489 e. The van der Waals surface area contributed by atoms with Crippen molar-refractivity contribution < 1.29 is 19.7 Å². The highest BCUT2D eigenvalue weighted by Gasteiger charge is 2.35. The molecule has 7 nitrogen and oxygen atoms in total. The van der Waals surface area contributed by atoms with Crippen LogP contribution < -0.4 is 4.74 Å². The summed E-state index contributed by atoms with van der Waals surface area (Å²) in [4.78, 5) is 13.4. The first-order valence-corrected chi connectivity index (χ1v) is 13.0. The number of ether oxygens (including phenoxy) is 1. The van der Waals surface area contributed by atoms with Crippen LogP contribution in [-0.2, 0) is 17.6 Å². The third kappa shape index (κ3) is 5.83. The first-order chi connectivity index (χ1) is 16.8. The number of halogens is 1. The van der Waals surface area contributed by atoms with Crippen LogP contribution in [-0.4, -0.2) is 62.6 Å². The molecule has 9 heteroatoms. The Bertz CT molecular complexity index is 1200. The SMILES string of the molecule is CCc1c(CCN2C[C@H](O)C[C@H]2C(=O)O)cccc1-c1nnc(-c2ccc(OC(C)C)c(Cl)c2)s1. The summed E-state index contributed by atoms with van der Waals surface area (Å²) in [5.74, 6) is -0.233. The lowest BCUT2D eigenvalue weighted by molar-refractivity contribution is -0.142. The van der Waals surface area contributed by atoms with E-state index < -0.39 is 18.1 Å². The van der Waals surface area contributed by atoms with Gasteiger partial charge in [0.1, 0.15) is 21.8 Å². The molecule has 0 bridgehead atoms. The minimum atomic E-state index is -0.878. The molecule has 2 atom stereocenters. The zero-order valence-electron chi connectivity index (χ0n) is 20.1. The number of likely N-dealkylation sites (tertiary alicyclic amines) is 1. The van der Waals surface area contributed by atoms with Gasteiger partial charge in [-0.1, -0.05) is 48.1 Å². The molecule has 2 aromatic carbocycles. The first kappa shape index (κ1) is 25.6. The molecule has 4 rings (SSSR count). The number of hydrogen-bond acceptors (Lipinski definition) is 7. The van der Waals surface area contributed by atoms with Gasteiger partial charge in [-0.2, -0.15) is 0 Å². The van der Waals surface area contributed by atoms with E-state index in [4.69, 9.17) is 16.3 Å². The number of aliphatic hydroxyl groups excluding tert-OH is 1. The third-order valence-electron chi connectivity index (χ3n) is 6.16. The number of aliphatic hydroxyl groups is 1. The summed E-state index contributed by atoms with van der Waals surface area (Å²) in [6, 6.07) is 11.2. The Balaban J connectivity index is 1.55. The molecule has 3 aromatic rings. The van der Waals surface area contributed by atoms with Crippen molar-refractivity contribution in [2.45, 2.75) is 58.3 Å². The summed E-state index contributed by atoms with van der Waals surface area (Å²) in [7, 11) is 0. The van der Waals surface area contributed by atoms with Gasteiger partial charge < -0.3 is 14.9 Å². The smallest absolute Gasteiger partial charge is 0.321 e. The average molecular weight is 516 g/mol. The van der Waals surface area contributed by atoms with E-state index in [0.717, 1.165) is 33.1 Å². The summed E-state index contributed by atoms with van der Waals surface area (Å²) in [5.41, 5.74) is 4.26. The van der Waals surface area contributed by atoms with Crippen LogP contribution in [0.2, 0.25) is 5.02 Å². The van der Waals surface area contributed by atoms with Gasteiger partial charge in [0.05, 0.1) is 17.2 Å². The number of carboxylic acids is 1. The van der Waals surface area contributed by atoms with Crippen LogP contribution in [0, 0.1) is 0 Å². The number of carbonyl (C=O) groups is 1. The highest BCUT2D eigenvalue weighted by molar-refractivity contribution is 7.17. The molecule has 1 fully saturated rings. The Morgan fingerprint density at radius 3 is 2.71 bits per heavy atom. The van der Waals surface area contributed by atoms with E-state index in [2.05, 4.69) is 29.3 Å². The van der Waals surface area contributed by atoms with Crippen molar-refractivity contribution in [1.29, 1.82) is 0 Å². The van der Waals surface area contributed by atoms with E-state index in [-0.39, 0.29) is 12.5 Å². The van der Waals surface area contributed by atoms with Gasteiger partial charge in [-0.25, -0.2) is 0 Å². The molecule has 1 aliphatic heterocycles. The summed E-state index contributed by atoms with van der Waals surface area (Å²) in [6.45, 7) is 6.99. The fourth-order valence-corrected chi connectivity index (χ4v) is 5.68. The van der Waals surface area contributed by atoms with Gasteiger partial charge in [0.2, 0.25) is 0 Å². The molecule has 186 valence electrons. The minimum absolute atomic E-state index is 0.0387. The molecule has 0 radical (unpaired) electrons. The molecule has 1 aliphatic rings. The van der Waals surface area contributed by atoms with E-state index in [9.17, 15) is 15.0 Å². The van der Waals surface area contributed by atoms with Crippen LogP contribution in [0.3, 0.4) is 0 Å². The van der Waals surface area contributed by atoms with Gasteiger partial charge in [-0.3, -0.25) is 9.69 Å². The normalized spacial score (nSPS) is 18.3. The lowest BCUT2D eigenvalue weighted by atomic mass is 9.96. The average Bonchev–Trinajstić information content (AvgIpc) is 3.45. The topological polar surface area (TPSA) is 95.8 Å². The van der Waals surface area contributed by atoms with Crippen molar-refractivity contribution in [3.63, 3.8) is 0 Å². The van der Waals surface area contributed by atoms with Crippen LogP contribution in [0.5, 0.6) is 5.75 Å². The second-order valence-electron chi connectivity index (χ2n) is 9.01. The van der Waals surface area contributed by atoms with Gasteiger partial charge in [-0.05, 0) is 56.0 Å². The molecule has 0 saturated carbocycles. The van der Waals surface area contributed by atoms with Gasteiger partial charge in [0.25, 0.3) is 0 Å². The molecule has 0 amide bonds. The lowest BCUT2D eigenvalue weighted by Gasteiger charge is -2.21. The predicted octanol–water partition coefficient (Wildman–Crippen LogP) is 4.94. The lowest BCUT2D eigenvalue weighted by Crippen LogP contribution is -2.37. The van der Waals surface area contributed by atoms with Gasteiger partial charge in [-0.15, -0.1) is 10.2 Å². The number of hydrogen-bond donors (Lipinski definition) is 2. The zero-order chi connectivity index (χ0) is 25.1. The Labute approximate surface area is 214 Å². The highest BCUT2D eigenvalue weighted by atomic mass is 35.5. The molecule has 2 heterocycles. The van der Waals surface area contributed by atoms with E-state index in [1.54, 1.807) is 0 Å². The highest BCUT2D eigenvalue weighted by Crippen LogP contribution is 2.36. The Hall–Kier alpha value is -2.52. The van der Waals surface area contributed by atoms with Crippen molar-refractivity contribution >= 4 is 28.9 Å². The molecule has 1 saturated heterocycles. The molecule has 0 spiro atoms. The van der Waals surface area contributed by atoms with Crippen LogP contribution in [0.1, 0.15) is 38.3 Å². The van der Waals surface area contributed by atoms with Gasteiger partial charge >= 0.3 is 5.97 Å². The number of benzene rings is 2. The van der Waals surface area contributed by atoms with Crippen molar-refractivity contribution in [3.05, 3.63) is 52.5 Å². The fraction of sp³-hybridized carbons (Fsp3) is 0.423. The van der Waals surface area contributed by atoms with E-state index >= 15 is 0 Å². The molecular weight excluding hydrogens is 486 g/mol. The Morgan fingerprint density at radius 2 is 2.03 bits per heavy atom. The molecule has 0 unspecified atom stereocenters. The van der Waals surface area contributed by atoms with Gasteiger partial charge in [0.15, 0.2) is 0 Å². The second kappa shape index (κ2) is 11.0. The predicted molar refractivity (Wildman–Crippen MR) is 138 cm³/mol. The van der Waals surface area contributed by atoms with Crippen LogP contribution in [0.4, 0.5) is 0 Å². The molecule has 2 N–H and O–H groups in total. The molecule has 1 aromatic heterocycles. The van der Waals surface area contributed by atoms with Crippen LogP contribution in [0.15, 0.2) is 36.4 Å². The summed E-state index contributed by atoms with van der Waals surface area (Å²) in [5, 5.41) is 30.4. The van der Waals surface area contributed by atoms with Crippen molar-refractivity contribution in [3.8, 4) is 26.9 Å². The Morgan fingerprint density at radius 1 is 1.26 bits per heavy atom. The molecule has 0 aliphatic carbocycles. The maximum Gasteiger partial charge on any atom is 0.321 e. The van der Waals surface area contributed by atoms with Crippen molar-refractivity contribution in [1.82, 2.24) is 15.1 Å². The third-order valence-corrected chi connectivity index (χ3v) is 7.46. The standard InChI is InChI=1S/C26H30ClN3O4S/c1-4-19-16(10-11-30-14-18(31)13-22(30)26(32)33)6-5-7-20(19)25-29-28-24(35-25)17-8-9-23(21(27)12-17)34-15(2)3/h5-9,12,15,18,22,31H,4,10-11,13-14H2,1-3H3,(H,32,33)/t18-,22+/m1/s1. The zero-order valence-corrected chi connectivity index (χ0v) is 21.6. The monoisotopic (exact) mass is 515 g/mol. The number of rotatable bonds is 9. The number of aromatic nitrogens is 2. The Kier molecular flexibility index (Phi) is 8.06. The fourth-order valence-electron chi connectivity index (χ4n) is 4.57. The number of aliphatic carboxylic acids is 1. The molecular formula is C26H30ClN3O4S. The van der Waals surface area contributed by atoms with E-state index in [1.807, 2.05) is 43.0 Å². The summed E-state index contributed by atoms with van der Waals surface area (Å²) < 4.78 is 5.72. The number of carboxylic acid groups (broad SMARTS) is 1. The second-order valence-corrected chi connectivity index (χ2v) is 10.4. The maximum atomic E-state index is 11.6. The van der Waals surface area contributed by atoms with Gasteiger partial charge in [0, 0.05) is 30.6 Å².